The third-order valence-electron chi connectivity index (χ3n) is 2.65. The van der Waals surface area contributed by atoms with Gasteiger partial charge in [0.15, 0.2) is 0 Å². The first-order valence-corrected chi connectivity index (χ1v) is 8.31. The summed E-state index contributed by atoms with van der Waals surface area (Å²) in [6, 6.07) is 3.52. The van der Waals surface area contributed by atoms with Crippen LogP contribution in [0.4, 0.5) is 0 Å². The molecule has 0 saturated heterocycles. The van der Waals surface area contributed by atoms with Gasteiger partial charge in [-0.25, -0.2) is 13.4 Å². The highest BCUT2D eigenvalue weighted by atomic mass is 35.5. The average Bonchev–Trinajstić information content (AvgIpc) is 2.66. The van der Waals surface area contributed by atoms with E-state index in [0.717, 1.165) is 11.3 Å². The first-order chi connectivity index (χ1) is 8.83. The Hall–Kier alpha value is -1.11. The Balaban J connectivity index is 2.02. The maximum atomic E-state index is 11.2. The van der Waals surface area contributed by atoms with Crippen molar-refractivity contribution >= 4 is 27.1 Å². The van der Waals surface area contributed by atoms with Gasteiger partial charge in [0.05, 0.1) is 16.5 Å². The molecular weight excluding hydrogens is 286 g/mol. The van der Waals surface area contributed by atoms with Crippen LogP contribution in [0.15, 0.2) is 24.5 Å². The van der Waals surface area contributed by atoms with Crippen molar-refractivity contribution in [3.05, 3.63) is 35.2 Å². The molecule has 2 heterocycles. The standard InChI is InChI=1S/C12H16ClN3O2S/c1-9(8-19(2,17)18)14-5-11-7-16-6-10(13)3-4-12(16)15-11/h3-4,6-7,9,14H,5,8H2,1-2H3. The quantitative estimate of drug-likeness (QED) is 0.909. The van der Waals surface area contributed by atoms with Crippen molar-refractivity contribution in [2.24, 2.45) is 0 Å². The molecule has 5 nitrogen and oxygen atoms in total. The van der Waals surface area contributed by atoms with E-state index < -0.39 is 9.84 Å². The van der Waals surface area contributed by atoms with Crippen LogP contribution < -0.4 is 5.32 Å². The van der Waals surface area contributed by atoms with Gasteiger partial charge in [-0.05, 0) is 19.1 Å². The van der Waals surface area contributed by atoms with E-state index in [1.54, 1.807) is 12.3 Å². The van der Waals surface area contributed by atoms with Crippen LogP contribution in [0, 0.1) is 0 Å². The summed E-state index contributed by atoms with van der Waals surface area (Å²) < 4.78 is 24.2. The van der Waals surface area contributed by atoms with Crippen LogP contribution in [0.2, 0.25) is 5.02 Å². The normalized spacial score (nSPS) is 13.8. The molecule has 0 aliphatic carbocycles. The fourth-order valence-corrected chi connectivity index (χ4v) is 3.09. The summed E-state index contributed by atoms with van der Waals surface area (Å²) in [6.45, 7) is 2.36. The van der Waals surface area contributed by atoms with E-state index in [0.29, 0.717) is 11.6 Å². The van der Waals surface area contributed by atoms with Crippen LogP contribution in [-0.2, 0) is 16.4 Å². The zero-order chi connectivity index (χ0) is 14.0. The summed E-state index contributed by atoms with van der Waals surface area (Å²) in [5.74, 6) is 0.117. The van der Waals surface area contributed by atoms with Gasteiger partial charge in [-0.3, -0.25) is 0 Å². The van der Waals surface area contributed by atoms with E-state index in [1.807, 2.05) is 23.6 Å². The van der Waals surface area contributed by atoms with Gasteiger partial charge in [-0.2, -0.15) is 0 Å². The molecule has 2 rings (SSSR count). The lowest BCUT2D eigenvalue weighted by Gasteiger charge is -2.10. The SMILES string of the molecule is CC(CS(C)(=O)=O)NCc1cn2cc(Cl)ccc2n1. The maximum absolute atomic E-state index is 11.2. The summed E-state index contributed by atoms with van der Waals surface area (Å²) >= 11 is 5.90. The average molecular weight is 302 g/mol. The van der Waals surface area contributed by atoms with Crippen molar-refractivity contribution in [1.82, 2.24) is 14.7 Å². The third kappa shape index (κ3) is 4.19. The first-order valence-electron chi connectivity index (χ1n) is 5.88. The number of nitrogens with zero attached hydrogens (tertiary/aromatic N) is 2. The second-order valence-corrected chi connectivity index (χ2v) is 7.34. The number of imidazole rings is 1. The fraction of sp³-hybridized carbons (Fsp3) is 0.417. The smallest absolute Gasteiger partial charge is 0.148 e. The molecule has 2 aromatic heterocycles. The Morgan fingerprint density at radius 3 is 2.84 bits per heavy atom. The van der Waals surface area contributed by atoms with Gasteiger partial charge in [-0.1, -0.05) is 11.6 Å². The van der Waals surface area contributed by atoms with Crippen molar-refractivity contribution in [3.8, 4) is 0 Å². The zero-order valence-electron chi connectivity index (χ0n) is 10.8. The van der Waals surface area contributed by atoms with Gasteiger partial charge in [-0.15, -0.1) is 0 Å². The summed E-state index contributed by atoms with van der Waals surface area (Å²) in [6.07, 6.45) is 4.90. The molecule has 7 heteroatoms. The number of aromatic nitrogens is 2. The summed E-state index contributed by atoms with van der Waals surface area (Å²) in [5, 5.41) is 3.79. The Labute approximate surface area is 117 Å². The van der Waals surface area contributed by atoms with Crippen LogP contribution in [0.3, 0.4) is 0 Å². The van der Waals surface area contributed by atoms with Crippen molar-refractivity contribution in [3.63, 3.8) is 0 Å². The zero-order valence-corrected chi connectivity index (χ0v) is 12.4. The van der Waals surface area contributed by atoms with Crippen molar-refractivity contribution < 1.29 is 8.42 Å². The van der Waals surface area contributed by atoms with E-state index in [2.05, 4.69) is 10.3 Å². The second kappa shape index (κ2) is 5.48. The molecule has 0 radical (unpaired) electrons. The number of nitrogens with one attached hydrogen (secondary N) is 1. The number of rotatable bonds is 5. The number of fused-ring (bicyclic) bond motifs is 1. The van der Waals surface area contributed by atoms with Crippen LogP contribution in [0.25, 0.3) is 5.65 Å². The summed E-state index contributed by atoms with van der Waals surface area (Å²) in [4.78, 5) is 4.41. The molecule has 104 valence electrons. The molecule has 0 amide bonds. The molecule has 19 heavy (non-hydrogen) atoms. The lowest BCUT2D eigenvalue weighted by Crippen LogP contribution is -2.32. The molecule has 0 aliphatic heterocycles. The maximum Gasteiger partial charge on any atom is 0.148 e. The van der Waals surface area contributed by atoms with E-state index in [-0.39, 0.29) is 11.8 Å². The van der Waals surface area contributed by atoms with Crippen LogP contribution in [0.5, 0.6) is 0 Å². The molecule has 2 aromatic rings. The molecule has 1 unspecified atom stereocenters. The van der Waals surface area contributed by atoms with E-state index in [1.165, 1.54) is 6.26 Å². The minimum absolute atomic E-state index is 0.108. The summed E-state index contributed by atoms with van der Waals surface area (Å²) in [7, 11) is -2.96. The molecule has 1 atom stereocenters. The monoisotopic (exact) mass is 301 g/mol. The van der Waals surface area contributed by atoms with Crippen molar-refractivity contribution in [2.75, 3.05) is 12.0 Å². The Morgan fingerprint density at radius 1 is 1.42 bits per heavy atom. The molecule has 0 aliphatic rings. The lowest BCUT2D eigenvalue weighted by molar-refractivity contribution is 0.557. The predicted molar refractivity (Wildman–Crippen MR) is 76.2 cm³/mol. The molecule has 1 N–H and O–H groups in total. The number of sulfone groups is 1. The lowest BCUT2D eigenvalue weighted by atomic mass is 10.3. The van der Waals surface area contributed by atoms with Crippen molar-refractivity contribution in [1.29, 1.82) is 0 Å². The number of pyridine rings is 1. The topological polar surface area (TPSA) is 63.5 Å². The molecule has 0 aromatic carbocycles. The van der Waals surface area contributed by atoms with Gasteiger partial charge in [0.25, 0.3) is 0 Å². The molecule has 0 spiro atoms. The fourth-order valence-electron chi connectivity index (χ4n) is 1.89. The number of hydrogen-bond donors (Lipinski definition) is 1. The minimum Gasteiger partial charge on any atom is -0.308 e. The largest absolute Gasteiger partial charge is 0.308 e. The predicted octanol–water partition coefficient (Wildman–Crippen LogP) is 1.51. The van der Waals surface area contributed by atoms with E-state index in [4.69, 9.17) is 11.6 Å². The Kier molecular flexibility index (Phi) is 4.13. The van der Waals surface area contributed by atoms with Gasteiger partial charge < -0.3 is 9.72 Å². The van der Waals surface area contributed by atoms with Gasteiger partial charge in [0.2, 0.25) is 0 Å². The number of halogens is 1. The van der Waals surface area contributed by atoms with Crippen LogP contribution in [-0.4, -0.2) is 35.9 Å². The molecular formula is C12H16ClN3O2S. The highest BCUT2D eigenvalue weighted by Crippen LogP contribution is 2.11. The highest BCUT2D eigenvalue weighted by Gasteiger charge is 2.10. The van der Waals surface area contributed by atoms with E-state index >= 15 is 0 Å². The molecule has 0 bridgehead atoms. The van der Waals surface area contributed by atoms with E-state index in [9.17, 15) is 8.42 Å². The third-order valence-corrected chi connectivity index (χ3v) is 3.98. The van der Waals surface area contributed by atoms with Gasteiger partial charge in [0, 0.05) is 31.2 Å². The summed E-state index contributed by atoms with van der Waals surface area (Å²) in [5.41, 5.74) is 1.67. The van der Waals surface area contributed by atoms with Crippen LogP contribution >= 0.6 is 11.6 Å². The molecule has 0 fully saturated rings. The molecule has 0 saturated carbocycles. The Bertz CT molecular complexity index is 681. The van der Waals surface area contributed by atoms with Gasteiger partial charge >= 0.3 is 0 Å². The first kappa shape index (κ1) is 14.3. The van der Waals surface area contributed by atoms with Crippen molar-refractivity contribution in [2.45, 2.75) is 19.5 Å². The second-order valence-electron chi connectivity index (χ2n) is 4.72. The highest BCUT2D eigenvalue weighted by molar-refractivity contribution is 7.90. The van der Waals surface area contributed by atoms with Gasteiger partial charge in [0.1, 0.15) is 15.5 Å². The Morgan fingerprint density at radius 2 is 2.16 bits per heavy atom. The number of hydrogen-bond acceptors (Lipinski definition) is 4. The van der Waals surface area contributed by atoms with Crippen LogP contribution in [0.1, 0.15) is 12.6 Å². The minimum atomic E-state index is -2.96.